The number of benzene rings is 2. The van der Waals surface area contributed by atoms with Crippen LogP contribution in [0.3, 0.4) is 0 Å². The predicted molar refractivity (Wildman–Crippen MR) is 158 cm³/mol. The zero-order valence-electron chi connectivity index (χ0n) is 24.3. The smallest absolute Gasteiger partial charge is 0.323 e. The molecule has 2 saturated heterocycles. The second-order valence-electron chi connectivity index (χ2n) is 11.8. The molecule has 224 valence electrons. The van der Waals surface area contributed by atoms with Crippen molar-refractivity contribution in [1.82, 2.24) is 19.6 Å². The molecule has 0 N–H and O–H groups in total. The number of nitrogens with zero attached hydrogens (tertiary/aromatic N) is 5. The first-order chi connectivity index (χ1) is 20.0. The van der Waals surface area contributed by atoms with E-state index >= 15 is 0 Å². The minimum absolute atomic E-state index is 0.00736. The molecule has 11 heteroatoms. The van der Waals surface area contributed by atoms with Crippen LogP contribution in [0.5, 0.6) is 0 Å². The number of anilines is 1. The Balaban J connectivity index is 1.35. The lowest BCUT2D eigenvalue weighted by molar-refractivity contribution is -0.146. The summed E-state index contributed by atoms with van der Waals surface area (Å²) in [6.45, 7) is 3.39. The van der Waals surface area contributed by atoms with Gasteiger partial charge < -0.3 is 19.6 Å². The van der Waals surface area contributed by atoms with Crippen molar-refractivity contribution in [3.05, 3.63) is 63.9 Å². The number of hydrogen-bond acceptors (Lipinski definition) is 5. The highest BCUT2D eigenvalue weighted by Crippen LogP contribution is 2.41. The zero-order chi connectivity index (χ0) is 30.1. The molecule has 0 saturated carbocycles. The average Bonchev–Trinajstić information content (AvgIpc) is 3.35. The maximum Gasteiger partial charge on any atom is 0.323 e. The molecule has 1 unspecified atom stereocenters. The van der Waals surface area contributed by atoms with Gasteiger partial charge in [0.05, 0.1) is 22.2 Å². The second kappa shape index (κ2) is 12.4. The number of amides is 4. The first kappa shape index (κ1) is 30.0. The molecule has 3 aliphatic rings. The van der Waals surface area contributed by atoms with E-state index in [9.17, 15) is 23.6 Å². The zero-order valence-corrected chi connectivity index (χ0v) is 25.1. The van der Waals surface area contributed by atoms with Crippen LogP contribution in [-0.2, 0) is 16.0 Å². The molecule has 42 heavy (non-hydrogen) atoms. The van der Waals surface area contributed by atoms with Crippen LogP contribution >= 0.6 is 11.6 Å². The molecular formula is C31H37ClFN5O4. The minimum atomic E-state index is -0.888. The standard InChI is InChI=1S/C31H37ClFN5O4/c1-34(2)31(42)38-19-25(28(39)30(41)37-14-12-35(3)13-15-37)23-17-24(26(32)18-27(23)38)29(40)36-10-8-21(9-11-36)16-20-4-6-22(33)7-5-20/h4-7,17-18,21,25H,8-16,19H2,1-3H3. The van der Waals surface area contributed by atoms with Gasteiger partial charge in [-0.25, -0.2) is 9.18 Å². The van der Waals surface area contributed by atoms with Gasteiger partial charge >= 0.3 is 6.03 Å². The highest BCUT2D eigenvalue weighted by Gasteiger charge is 2.42. The molecule has 1 atom stereocenters. The summed E-state index contributed by atoms with van der Waals surface area (Å²) >= 11 is 6.65. The molecule has 0 aliphatic carbocycles. The third-order valence-electron chi connectivity index (χ3n) is 8.65. The fourth-order valence-electron chi connectivity index (χ4n) is 6.06. The van der Waals surface area contributed by atoms with Gasteiger partial charge in [-0.3, -0.25) is 19.3 Å². The monoisotopic (exact) mass is 597 g/mol. The van der Waals surface area contributed by atoms with Crippen molar-refractivity contribution in [2.45, 2.75) is 25.2 Å². The number of ketones is 1. The summed E-state index contributed by atoms with van der Waals surface area (Å²) in [7, 11) is 5.20. The summed E-state index contributed by atoms with van der Waals surface area (Å²) in [5.41, 5.74) is 2.24. The van der Waals surface area contributed by atoms with E-state index in [4.69, 9.17) is 11.6 Å². The highest BCUT2D eigenvalue weighted by atomic mass is 35.5. The third-order valence-corrected chi connectivity index (χ3v) is 8.96. The minimum Gasteiger partial charge on any atom is -0.339 e. The Morgan fingerprint density at radius 1 is 0.929 bits per heavy atom. The van der Waals surface area contributed by atoms with Crippen LogP contribution in [0.1, 0.15) is 40.2 Å². The van der Waals surface area contributed by atoms with E-state index in [2.05, 4.69) is 4.90 Å². The Labute approximate surface area is 250 Å². The number of piperidine rings is 1. The number of Topliss-reactive ketones (excluding diaryl/α,β-unsaturated/α-hetero) is 1. The Bertz CT molecular complexity index is 1370. The van der Waals surface area contributed by atoms with Crippen LogP contribution in [0.15, 0.2) is 36.4 Å². The van der Waals surface area contributed by atoms with E-state index in [1.807, 2.05) is 7.05 Å². The van der Waals surface area contributed by atoms with Crippen LogP contribution in [-0.4, -0.2) is 110 Å². The number of carbonyl (C=O) groups excluding carboxylic acids is 4. The van der Waals surface area contributed by atoms with Crippen LogP contribution in [0, 0.1) is 11.7 Å². The summed E-state index contributed by atoms with van der Waals surface area (Å²) in [6, 6.07) is 9.37. The van der Waals surface area contributed by atoms with Crippen molar-refractivity contribution in [3.63, 3.8) is 0 Å². The van der Waals surface area contributed by atoms with Crippen LogP contribution in [0.25, 0.3) is 0 Å². The second-order valence-corrected chi connectivity index (χ2v) is 12.2. The molecule has 9 nitrogen and oxygen atoms in total. The van der Waals surface area contributed by atoms with Gasteiger partial charge in [0.1, 0.15) is 5.82 Å². The maximum atomic E-state index is 13.7. The van der Waals surface area contributed by atoms with Crippen molar-refractivity contribution < 1.29 is 23.6 Å². The largest absolute Gasteiger partial charge is 0.339 e. The fourth-order valence-corrected chi connectivity index (χ4v) is 6.30. The van der Waals surface area contributed by atoms with E-state index < -0.39 is 17.6 Å². The van der Waals surface area contributed by atoms with Gasteiger partial charge in [-0.05, 0) is 67.6 Å². The number of piperazine rings is 1. The Morgan fingerprint density at radius 3 is 2.19 bits per heavy atom. The van der Waals surface area contributed by atoms with Gasteiger partial charge in [-0.2, -0.15) is 0 Å². The number of fused-ring (bicyclic) bond motifs is 1. The molecule has 3 heterocycles. The van der Waals surface area contributed by atoms with Gasteiger partial charge in [0.25, 0.3) is 11.8 Å². The molecule has 4 amide bonds. The Hall–Kier alpha value is -3.50. The lowest BCUT2D eigenvalue weighted by Crippen LogP contribution is -2.50. The highest BCUT2D eigenvalue weighted by molar-refractivity contribution is 6.39. The van der Waals surface area contributed by atoms with E-state index in [1.54, 1.807) is 48.2 Å². The van der Waals surface area contributed by atoms with E-state index in [-0.39, 0.29) is 34.9 Å². The molecule has 3 aliphatic heterocycles. The predicted octanol–water partition coefficient (Wildman–Crippen LogP) is 3.50. The normalized spacial score (nSPS) is 19.5. The van der Waals surface area contributed by atoms with Crippen LogP contribution in [0.4, 0.5) is 14.9 Å². The van der Waals surface area contributed by atoms with E-state index in [0.29, 0.717) is 56.4 Å². The molecule has 2 aromatic carbocycles. The van der Waals surface area contributed by atoms with Gasteiger partial charge in [0.2, 0.25) is 5.78 Å². The van der Waals surface area contributed by atoms with Crippen molar-refractivity contribution in [2.24, 2.45) is 5.92 Å². The number of urea groups is 1. The average molecular weight is 598 g/mol. The molecule has 0 bridgehead atoms. The van der Waals surface area contributed by atoms with Gasteiger partial charge in [-0.1, -0.05) is 23.7 Å². The van der Waals surface area contributed by atoms with Crippen LogP contribution < -0.4 is 4.90 Å². The van der Waals surface area contributed by atoms with Crippen molar-refractivity contribution in [1.29, 1.82) is 0 Å². The number of likely N-dealkylation sites (tertiary alicyclic amines) is 1. The molecular weight excluding hydrogens is 561 g/mol. The third kappa shape index (κ3) is 6.15. The fraction of sp³-hybridized carbons (Fsp3) is 0.484. The SMILES string of the molecule is CN1CCN(C(=O)C(=O)C2CN(C(=O)N(C)C)c3cc(Cl)c(C(=O)N4CCC(Cc5ccc(F)cc5)CC4)cc32)CC1. The number of carbonyl (C=O) groups is 4. The van der Waals surface area contributed by atoms with Gasteiger partial charge in [-0.15, -0.1) is 0 Å². The molecule has 0 spiro atoms. The van der Waals surface area contributed by atoms with Crippen LogP contribution in [0.2, 0.25) is 5.02 Å². The van der Waals surface area contributed by atoms with Crippen molar-refractivity contribution >= 4 is 40.9 Å². The first-order valence-corrected chi connectivity index (χ1v) is 14.8. The quantitative estimate of drug-likeness (QED) is 0.493. The number of halogens is 2. The van der Waals surface area contributed by atoms with E-state index in [1.165, 1.54) is 21.9 Å². The number of likely N-dealkylation sites (N-methyl/N-ethyl adjacent to an activating group) is 1. The summed E-state index contributed by atoms with van der Waals surface area (Å²) in [5.74, 6) is -2.16. The molecule has 5 rings (SSSR count). The van der Waals surface area contributed by atoms with Gasteiger partial charge in [0.15, 0.2) is 0 Å². The number of rotatable bonds is 5. The summed E-state index contributed by atoms with van der Waals surface area (Å²) in [5, 5.41) is 0.197. The molecule has 2 fully saturated rings. The van der Waals surface area contributed by atoms with E-state index in [0.717, 1.165) is 24.8 Å². The molecule has 2 aromatic rings. The molecule has 0 radical (unpaired) electrons. The first-order valence-electron chi connectivity index (χ1n) is 14.4. The maximum absolute atomic E-state index is 13.7. The Kier molecular flexibility index (Phi) is 8.84. The Morgan fingerprint density at radius 2 is 1.57 bits per heavy atom. The topological polar surface area (TPSA) is 84.5 Å². The number of hydrogen-bond donors (Lipinski definition) is 0. The lowest BCUT2D eigenvalue weighted by atomic mass is 9.89. The molecule has 0 aromatic heterocycles. The van der Waals surface area contributed by atoms with Gasteiger partial charge in [0, 0.05) is 59.9 Å². The summed E-state index contributed by atoms with van der Waals surface area (Å²) in [6.07, 6.45) is 2.43. The van der Waals surface area contributed by atoms with Crippen molar-refractivity contribution in [2.75, 3.05) is 71.9 Å². The van der Waals surface area contributed by atoms with Crippen molar-refractivity contribution in [3.8, 4) is 0 Å². The summed E-state index contributed by atoms with van der Waals surface area (Å²) in [4.78, 5) is 61.9. The lowest BCUT2D eigenvalue weighted by Gasteiger charge is -2.32. The summed E-state index contributed by atoms with van der Waals surface area (Å²) < 4.78 is 13.3.